The van der Waals surface area contributed by atoms with Crippen LogP contribution in [0.3, 0.4) is 0 Å². The second kappa shape index (κ2) is 8.68. The maximum Gasteiger partial charge on any atom is 0.263 e. The molecule has 0 saturated carbocycles. The lowest BCUT2D eigenvalue weighted by molar-refractivity contribution is -0.139. The number of fused-ring (bicyclic) bond motifs is 1. The number of carbonyl (C=O) groups excluding carboxylic acids is 2. The number of hydrogen-bond donors (Lipinski definition) is 1. The van der Waals surface area contributed by atoms with Crippen molar-refractivity contribution in [1.29, 1.82) is 0 Å². The van der Waals surface area contributed by atoms with Gasteiger partial charge in [-0.15, -0.1) is 0 Å². The van der Waals surface area contributed by atoms with Crippen molar-refractivity contribution >= 4 is 11.8 Å². The number of benzene rings is 1. The predicted molar refractivity (Wildman–Crippen MR) is 111 cm³/mol. The van der Waals surface area contributed by atoms with E-state index in [9.17, 15) is 9.59 Å². The highest BCUT2D eigenvalue weighted by Crippen LogP contribution is 2.28. The second-order valence-corrected chi connectivity index (χ2v) is 7.98. The van der Waals surface area contributed by atoms with Gasteiger partial charge in [-0.3, -0.25) is 14.3 Å². The van der Waals surface area contributed by atoms with Crippen LogP contribution in [0.15, 0.2) is 24.3 Å². The average molecular weight is 399 g/mol. The maximum absolute atomic E-state index is 13.0. The minimum atomic E-state index is -0.567. The highest BCUT2D eigenvalue weighted by atomic mass is 16.5. The smallest absolute Gasteiger partial charge is 0.263 e. The zero-order valence-corrected chi connectivity index (χ0v) is 17.9. The fourth-order valence-electron chi connectivity index (χ4n) is 3.53. The van der Waals surface area contributed by atoms with Crippen LogP contribution >= 0.6 is 0 Å². The lowest BCUT2D eigenvalue weighted by Crippen LogP contribution is -2.44. The highest BCUT2D eigenvalue weighted by Gasteiger charge is 2.27. The molecule has 1 atom stereocenters. The summed E-state index contributed by atoms with van der Waals surface area (Å²) in [5.41, 5.74) is 3.98. The zero-order chi connectivity index (χ0) is 21.1. The Balaban J connectivity index is 1.67. The van der Waals surface area contributed by atoms with E-state index in [2.05, 4.69) is 36.4 Å². The molecule has 2 heterocycles. The van der Waals surface area contributed by atoms with Crippen molar-refractivity contribution in [3.63, 3.8) is 0 Å². The predicted octanol–water partition coefficient (Wildman–Crippen LogP) is 2.76. The molecule has 0 saturated heterocycles. The number of rotatable bonds is 6. The summed E-state index contributed by atoms with van der Waals surface area (Å²) >= 11 is 0. The molecule has 2 aromatic rings. The van der Waals surface area contributed by atoms with Crippen molar-refractivity contribution in [2.24, 2.45) is 0 Å². The molecule has 1 aliphatic rings. The molecule has 156 valence electrons. The Kier molecular flexibility index (Phi) is 6.25. The zero-order valence-electron chi connectivity index (χ0n) is 17.9. The van der Waals surface area contributed by atoms with Crippen molar-refractivity contribution in [2.45, 2.75) is 66.3 Å². The standard InChI is InChI=1S/C22H30N4O3/c1-14(2)20-7-6-15(3)10-21(20)29-16(4)22(28)25-8-9-26-19(13-25)11-18(24-26)12-23-17(5)27/h6-7,10-11,14,16H,8-9,12-13H2,1-5H3,(H,23,27)/t16-/m1/s1. The molecule has 29 heavy (non-hydrogen) atoms. The van der Waals surface area contributed by atoms with E-state index in [1.54, 1.807) is 0 Å². The summed E-state index contributed by atoms with van der Waals surface area (Å²) in [4.78, 5) is 25.9. The van der Waals surface area contributed by atoms with Gasteiger partial charge >= 0.3 is 0 Å². The Morgan fingerprint density at radius 3 is 2.66 bits per heavy atom. The molecule has 0 spiro atoms. The molecular formula is C22H30N4O3. The number of aromatic nitrogens is 2. The van der Waals surface area contributed by atoms with Crippen molar-refractivity contribution in [1.82, 2.24) is 20.0 Å². The van der Waals surface area contributed by atoms with E-state index < -0.39 is 6.10 Å². The Labute approximate surface area is 172 Å². The lowest BCUT2D eigenvalue weighted by Gasteiger charge is -2.30. The topological polar surface area (TPSA) is 76.5 Å². The van der Waals surface area contributed by atoms with E-state index in [-0.39, 0.29) is 11.8 Å². The Morgan fingerprint density at radius 1 is 1.21 bits per heavy atom. The largest absolute Gasteiger partial charge is 0.481 e. The van der Waals surface area contributed by atoms with E-state index in [4.69, 9.17) is 4.74 Å². The van der Waals surface area contributed by atoms with Crippen LogP contribution in [0.5, 0.6) is 5.75 Å². The van der Waals surface area contributed by atoms with Gasteiger partial charge in [0.1, 0.15) is 5.75 Å². The minimum absolute atomic E-state index is 0.0305. The first-order chi connectivity index (χ1) is 13.7. The second-order valence-electron chi connectivity index (χ2n) is 7.98. The van der Waals surface area contributed by atoms with Gasteiger partial charge < -0.3 is 15.0 Å². The molecule has 1 N–H and O–H groups in total. The number of nitrogens with zero attached hydrogens (tertiary/aromatic N) is 3. The molecule has 1 aromatic heterocycles. The molecule has 2 amide bonds. The number of nitrogens with one attached hydrogen (secondary N) is 1. The van der Waals surface area contributed by atoms with E-state index in [0.717, 1.165) is 28.3 Å². The molecule has 1 aromatic carbocycles. The van der Waals surface area contributed by atoms with Gasteiger partial charge in [-0.25, -0.2) is 0 Å². The summed E-state index contributed by atoms with van der Waals surface area (Å²) in [7, 11) is 0. The van der Waals surface area contributed by atoms with Crippen LogP contribution in [0, 0.1) is 6.92 Å². The first-order valence-corrected chi connectivity index (χ1v) is 10.1. The van der Waals surface area contributed by atoms with Gasteiger partial charge in [-0.1, -0.05) is 26.0 Å². The van der Waals surface area contributed by atoms with E-state index in [0.29, 0.717) is 32.1 Å². The van der Waals surface area contributed by atoms with Gasteiger partial charge in [0.05, 0.1) is 31.0 Å². The van der Waals surface area contributed by atoms with Crippen molar-refractivity contribution in [3.05, 3.63) is 46.8 Å². The lowest BCUT2D eigenvalue weighted by atomic mass is 10.0. The molecule has 0 radical (unpaired) electrons. The molecular weight excluding hydrogens is 368 g/mol. The highest BCUT2D eigenvalue weighted by molar-refractivity contribution is 5.81. The summed E-state index contributed by atoms with van der Waals surface area (Å²) < 4.78 is 8.01. The number of carbonyl (C=O) groups is 2. The third-order valence-corrected chi connectivity index (χ3v) is 5.12. The van der Waals surface area contributed by atoms with Crippen molar-refractivity contribution < 1.29 is 14.3 Å². The minimum Gasteiger partial charge on any atom is -0.481 e. The number of amides is 2. The van der Waals surface area contributed by atoms with Crippen LogP contribution in [-0.4, -0.2) is 39.1 Å². The number of ether oxygens (including phenoxy) is 1. The first kappa shape index (κ1) is 20.9. The normalized spacial score (nSPS) is 14.5. The van der Waals surface area contributed by atoms with Crippen LogP contribution < -0.4 is 10.1 Å². The molecule has 0 unspecified atom stereocenters. The molecule has 1 aliphatic heterocycles. The third kappa shape index (κ3) is 4.96. The van der Waals surface area contributed by atoms with Gasteiger partial charge in [-0.05, 0) is 43.0 Å². The molecule has 3 rings (SSSR count). The van der Waals surface area contributed by atoms with E-state index in [1.807, 2.05) is 35.6 Å². The Hall–Kier alpha value is -2.83. The molecule has 0 fully saturated rings. The van der Waals surface area contributed by atoms with Gasteiger partial charge in [0.15, 0.2) is 6.10 Å². The molecule has 0 bridgehead atoms. The summed E-state index contributed by atoms with van der Waals surface area (Å²) in [6.45, 7) is 11.7. The molecule has 7 nitrogen and oxygen atoms in total. The van der Waals surface area contributed by atoms with Crippen LogP contribution in [0.2, 0.25) is 0 Å². The van der Waals surface area contributed by atoms with Gasteiger partial charge in [0.25, 0.3) is 5.91 Å². The SMILES string of the molecule is CC(=O)NCc1cc2n(n1)CCN(C(=O)[C@@H](C)Oc1cc(C)ccc1C(C)C)C2. The van der Waals surface area contributed by atoms with E-state index >= 15 is 0 Å². The fraction of sp³-hybridized carbons (Fsp3) is 0.500. The third-order valence-electron chi connectivity index (χ3n) is 5.12. The van der Waals surface area contributed by atoms with Gasteiger partial charge in [0, 0.05) is 13.5 Å². The van der Waals surface area contributed by atoms with Gasteiger partial charge in [-0.2, -0.15) is 5.10 Å². The summed E-state index contributed by atoms with van der Waals surface area (Å²) in [5, 5.41) is 7.26. The van der Waals surface area contributed by atoms with Crippen LogP contribution in [0.1, 0.15) is 56.1 Å². The molecule has 0 aliphatic carbocycles. The number of hydrogen-bond acceptors (Lipinski definition) is 4. The van der Waals surface area contributed by atoms with Crippen LogP contribution in [-0.2, 0) is 29.2 Å². The first-order valence-electron chi connectivity index (χ1n) is 10.1. The summed E-state index contributed by atoms with van der Waals surface area (Å²) in [5.74, 6) is 0.979. The molecule has 7 heteroatoms. The fourth-order valence-corrected chi connectivity index (χ4v) is 3.53. The van der Waals surface area contributed by atoms with Crippen molar-refractivity contribution in [3.8, 4) is 5.75 Å². The quantitative estimate of drug-likeness (QED) is 0.812. The van der Waals surface area contributed by atoms with Crippen LogP contribution in [0.4, 0.5) is 0 Å². The summed E-state index contributed by atoms with van der Waals surface area (Å²) in [6.07, 6.45) is -0.567. The number of aryl methyl sites for hydroxylation is 1. The van der Waals surface area contributed by atoms with Crippen molar-refractivity contribution in [2.75, 3.05) is 6.54 Å². The Morgan fingerprint density at radius 2 is 1.97 bits per heavy atom. The Bertz CT molecular complexity index is 903. The maximum atomic E-state index is 13.0. The van der Waals surface area contributed by atoms with Crippen LogP contribution in [0.25, 0.3) is 0 Å². The van der Waals surface area contributed by atoms with E-state index in [1.165, 1.54) is 6.92 Å². The summed E-state index contributed by atoms with van der Waals surface area (Å²) in [6, 6.07) is 8.08. The average Bonchev–Trinajstić information content (AvgIpc) is 3.07. The monoisotopic (exact) mass is 398 g/mol. The van der Waals surface area contributed by atoms with Gasteiger partial charge in [0.2, 0.25) is 5.91 Å².